The van der Waals surface area contributed by atoms with Crippen molar-refractivity contribution in [2.24, 2.45) is 0 Å². The fraction of sp³-hybridized carbons (Fsp3) is 0. The molecule has 0 saturated heterocycles. The Labute approximate surface area is 125 Å². The van der Waals surface area contributed by atoms with Crippen LogP contribution in [0.4, 0.5) is 4.39 Å². The van der Waals surface area contributed by atoms with Gasteiger partial charge < -0.3 is 4.98 Å². The molecule has 2 aromatic heterocycles. The predicted octanol–water partition coefficient (Wildman–Crippen LogP) is 3.11. The third-order valence-corrected chi connectivity index (χ3v) is 3.27. The number of nitrogens with zero attached hydrogens (tertiary/aromatic N) is 2. The summed E-state index contributed by atoms with van der Waals surface area (Å²) in [5.74, 6) is -0.424. The second kappa shape index (κ2) is 5.62. The van der Waals surface area contributed by atoms with Gasteiger partial charge in [0.05, 0.1) is 0 Å². The minimum absolute atomic E-state index is 0.0385. The van der Waals surface area contributed by atoms with Gasteiger partial charge in [-0.05, 0) is 35.9 Å². The molecule has 22 heavy (non-hydrogen) atoms. The predicted molar refractivity (Wildman–Crippen MR) is 80.4 cm³/mol. The van der Waals surface area contributed by atoms with Crippen molar-refractivity contribution in [2.45, 2.75) is 0 Å². The molecule has 0 aliphatic rings. The Morgan fingerprint density at radius 1 is 1.09 bits per heavy atom. The molecule has 0 bridgehead atoms. The summed E-state index contributed by atoms with van der Waals surface area (Å²) in [4.78, 5) is 18.7. The molecule has 2 heterocycles. The Morgan fingerprint density at radius 3 is 2.55 bits per heavy atom. The van der Waals surface area contributed by atoms with Gasteiger partial charge in [-0.2, -0.15) is 5.26 Å². The molecular formula is C17H10FN3O. The summed E-state index contributed by atoms with van der Waals surface area (Å²) in [6, 6.07) is 12.9. The Hall–Kier alpha value is -3.26. The van der Waals surface area contributed by atoms with E-state index in [0.717, 1.165) is 5.56 Å². The summed E-state index contributed by atoms with van der Waals surface area (Å²) in [6.45, 7) is 0. The van der Waals surface area contributed by atoms with Crippen LogP contribution in [0.15, 0.2) is 59.7 Å². The standard InChI is InChI=1S/C17H10FN3O/c18-13-3-1-2-12(8-13)14-9-16(11-4-6-20-7-5-11)21-17(22)15(14)10-19/h1-9H,(H,21,22). The van der Waals surface area contributed by atoms with E-state index < -0.39 is 11.4 Å². The molecule has 0 fully saturated rings. The van der Waals surface area contributed by atoms with E-state index in [1.54, 1.807) is 42.7 Å². The van der Waals surface area contributed by atoms with E-state index in [1.165, 1.54) is 12.1 Å². The van der Waals surface area contributed by atoms with Crippen molar-refractivity contribution >= 4 is 0 Å². The first-order chi connectivity index (χ1) is 10.7. The van der Waals surface area contributed by atoms with E-state index in [1.807, 2.05) is 6.07 Å². The lowest BCUT2D eigenvalue weighted by atomic mass is 9.99. The van der Waals surface area contributed by atoms with Crippen molar-refractivity contribution in [2.75, 3.05) is 0 Å². The molecule has 0 radical (unpaired) electrons. The van der Waals surface area contributed by atoms with Crippen LogP contribution in [-0.2, 0) is 0 Å². The zero-order valence-corrected chi connectivity index (χ0v) is 11.4. The largest absolute Gasteiger partial charge is 0.321 e. The normalized spacial score (nSPS) is 10.2. The maximum atomic E-state index is 13.4. The molecular weight excluding hydrogens is 281 g/mol. The molecule has 0 atom stereocenters. The molecule has 5 heteroatoms. The number of nitrogens with one attached hydrogen (secondary N) is 1. The smallest absolute Gasteiger partial charge is 0.266 e. The van der Waals surface area contributed by atoms with Gasteiger partial charge in [-0.3, -0.25) is 9.78 Å². The first-order valence-corrected chi connectivity index (χ1v) is 6.53. The van der Waals surface area contributed by atoms with Crippen LogP contribution in [0.3, 0.4) is 0 Å². The Bertz CT molecular complexity index is 927. The lowest BCUT2D eigenvalue weighted by molar-refractivity contribution is 0.628. The van der Waals surface area contributed by atoms with Crippen LogP contribution in [0.5, 0.6) is 0 Å². The van der Waals surface area contributed by atoms with Crippen LogP contribution in [0.2, 0.25) is 0 Å². The summed E-state index contributed by atoms with van der Waals surface area (Å²) >= 11 is 0. The molecule has 0 unspecified atom stereocenters. The number of pyridine rings is 2. The number of benzene rings is 1. The third-order valence-electron chi connectivity index (χ3n) is 3.27. The lowest BCUT2D eigenvalue weighted by Gasteiger charge is -2.08. The maximum absolute atomic E-state index is 13.4. The molecule has 0 amide bonds. The fourth-order valence-electron chi connectivity index (χ4n) is 2.24. The summed E-state index contributed by atoms with van der Waals surface area (Å²) in [5.41, 5.74) is 1.65. The monoisotopic (exact) mass is 291 g/mol. The average molecular weight is 291 g/mol. The van der Waals surface area contributed by atoms with Crippen molar-refractivity contribution in [3.63, 3.8) is 0 Å². The van der Waals surface area contributed by atoms with E-state index in [9.17, 15) is 14.4 Å². The molecule has 3 aromatic rings. The van der Waals surface area contributed by atoms with Crippen LogP contribution in [0, 0.1) is 17.1 Å². The van der Waals surface area contributed by atoms with Crippen molar-refractivity contribution in [1.29, 1.82) is 5.26 Å². The number of halogens is 1. The molecule has 1 aromatic carbocycles. The first-order valence-electron chi connectivity index (χ1n) is 6.53. The Kier molecular flexibility index (Phi) is 3.50. The van der Waals surface area contributed by atoms with Gasteiger partial charge in [0.15, 0.2) is 0 Å². The molecule has 3 rings (SSSR count). The number of hydrogen-bond donors (Lipinski definition) is 1. The highest BCUT2D eigenvalue weighted by Gasteiger charge is 2.12. The van der Waals surface area contributed by atoms with Crippen molar-refractivity contribution < 1.29 is 4.39 Å². The zero-order valence-electron chi connectivity index (χ0n) is 11.4. The molecule has 106 valence electrons. The highest BCUT2D eigenvalue weighted by molar-refractivity contribution is 5.75. The van der Waals surface area contributed by atoms with Gasteiger partial charge in [-0.25, -0.2) is 4.39 Å². The number of H-pyrrole nitrogens is 1. The summed E-state index contributed by atoms with van der Waals surface area (Å²) in [5, 5.41) is 9.22. The first kappa shape index (κ1) is 13.7. The SMILES string of the molecule is N#Cc1c(-c2cccc(F)c2)cc(-c2ccncc2)[nH]c1=O. The molecule has 0 aliphatic carbocycles. The minimum atomic E-state index is -0.504. The van der Waals surface area contributed by atoms with E-state index in [-0.39, 0.29) is 5.56 Å². The van der Waals surface area contributed by atoms with E-state index in [2.05, 4.69) is 9.97 Å². The second-order valence-corrected chi connectivity index (χ2v) is 4.66. The van der Waals surface area contributed by atoms with Crippen LogP contribution in [-0.4, -0.2) is 9.97 Å². The van der Waals surface area contributed by atoms with Crippen LogP contribution < -0.4 is 5.56 Å². The quantitative estimate of drug-likeness (QED) is 0.788. The van der Waals surface area contributed by atoms with Gasteiger partial charge in [-0.1, -0.05) is 12.1 Å². The maximum Gasteiger partial charge on any atom is 0.266 e. The Balaban J connectivity index is 2.27. The van der Waals surface area contributed by atoms with Crippen molar-refractivity contribution in [3.05, 3.63) is 76.6 Å². The number of aromatic nitrogens is 2. The molecule has 0 spiro atoms. The van der Waals surface area contributed by atoms with Crippen molar-refractivity contribution in [1.82, 2.24) is 9.97 Å². The Morgan fingerprint density at radius 2 is 1.86 bits per heavy atom. The summed E-state index contributed by atoms with van der Waals surface area (Å²) in [7, 11) is 0. The summed E-state index contributed by atoms with van der Waals surface area (Å²) in [6.07, 6.45) is 3.21. The van der Waals surface area contributed by atoms with Gasteiger partial charge in [-0.15, -0.1) is 0 Å². The van der Waals surface area contributed by atoms with Gasteiger partial charge in [0, 0.05) is 29.2 Å². The van der Waals surface area contributed by atoms with Gasteiger partial charge >= 0.3 is 0 Å². The number of nitriles is 1. The van der Waals surface area contributed by atoms with Crippen molar-refractivity contribution in [3.8, 4) is 28.5 Å². The van der Waals surface area contributed by atoms with Crippen LogP contribution >= 0.6 is 0 Å². The number of hydrogen-bond acceptors (Lipinski definition) is 3. The fourth-order valence-corrected chi connectivity index (χ4v) is 2.24. The van der Waals surface area contributed by atoms with Gasteiger partial charge in [0.2, 0.25) is 0 Å². The lowest BCUT2D eigenvalue weighted by Crippen LogP contribution is -2.12. The van der Waals surface area contributed by atoms with E-state index in [0.29, 0.717) is 16.8 Å². The molecule has 0 saturated carbocycles. The topological polar surface area (TPSA) is 69.5 Å². The third kappa shape index (κ3) is 2.50. The van der Waals surface area contributed by atoms with E-state index >= 15 is 0 Å². The number of aromatic amines is 1. The molecule has 1 N–H and O–H groups in total. The highest BCUT2D eigenvalue weighted by Crippen LogP contribution is 2.26. The van der Waals surface area contributed by atoms with Gasteiger partial charge in [0.1, 0.15) is 17.4 Å². The van der Waals surface area contributed by atoms with Gasteiger partial charge in [0.25, 0.3) is 5.56 Å². The molecule has 4 nitrogen and oxygen atoms in total. The summed E-state index contributed by atoms with van der Waals surface area (Å²) < 4.78 is 13.4. The number of rotatable bonds is 2. The second-order valence-electron chi connectivity index (χ2n) is 4.66. The molecule has 0 aliphatic heterocycles. The van der Waals surface area contributed by atoms with Crippen LogP contribution in [0.1, 0.15) is 5.56 Å². The van der Waals surface area contributed by atoms with E-state index in [4.69, 9.17) is 0 Å². The minimum Gasteiger partial charge on any atom is -0.321 e. The van der Waals surface area contributed by atoms with Crippen LogP contribution in [0.25, 0.3) is 22.4 Å². The zero-order chi connectivity index (χ0) is 15.5. The highest BCUT2D eigenvalue weighted by atomic mass is 19.1. The average Bonchev–Trinajstić information content (AvgIpc) is 2.55.